The van der Waals surface area contributed by atoms with Crippen molar-refractivity contribution in [1.29, 1.82) is 0 Å². The van der Waals surface area contributed by atoms with Gasteiger partial charge in [0.2, 0.25) is 0 Å². The molecule has 1 aliphatic rings. The minimum Gasteiger partial charge on any atom is -0.339 e. The van der Waals surface area contributed by atoms with Crippen molar-refractivity contribution in [2.24, 2.45) is 5.92 Å². The van der Waals surface area contributed by atoms with Gasteiger partial charge >= 0.3 is 0 Å². The van der Waals surface area contributed by atoms with Crippen LogP contribution in [0.25, 0.3) is 11.1 Å². The third kappa shape index (κ3) is 2.52. The van der Waals surface area contributed by atoms with Crippen LogP contribution in [0.15, 0.2) is 10.6 Å². The molecule has 21 heavy (non-hydrogen) atoms. The van der Waals surface area contributed by atoms with Crippen molar-refractivity contribution < 1.29 is 9.32 Å². The van der Waals surface area contributed by atoms with E-state index in [1.54, 1.807) is 0 Å². The van der Waals surface area contributed by atoms with E-state index in [0.717, 1.165) is 49.1 Å². The number of carbonyl (C=O) groups is 1. The van der Waals surface area contributed by atoms with Crippen molar-refractivity contribution in [2.75, 3.05) is 13.1 Å². The van der Waals surface area contributed by atoms with Crippen molar-refractivity contribution >= 4 is 17.0 Å². The van der Waals surface area contributed by atoms with Gasteiger partial charge in [-0.1, -0.05) is 19.0 Å². The summed E-state index contributed by atoms with van der Waals surface area (Å²) in [6, 6.07) is 1.90. The number of rotatable bonds is 2. The second-order valence-corrected chi connectivity index (χ2v) is 5.94. The average molecular weight is 287 g/mol. The van der Waals surface area contributed by atoms with Crippen molar-refractivity contribution in [3.05, 3.63) is 23.0 Å². The van der Waals surface area contributed by atoms with Crippen LogP contribution in [0.5, 0.6) is 0 Å². The summed E-state index contributed by atoms with van der Waals surface area (Å²) in [4.78, 5) is 19.2. The number of hydrogen-bond donors (Lipinski definition) is 0. The monoisotopic (exact) mass is 287 g/mol. The highest BCUT2D eigenvalue weighted by Crippen LogP contribution is 2.25. The lowest BCUT2D eigenvalue weighted by atomic mass is 9.98. The summed E-state index contributed by atoms with van der Waals surface area (Å²) in [7, 11) is 0. The lowest BCUT2D eigenvalue weighted by molar-refractivity contribution is 0.0699. The van der Waals surface area contributed by atoms with Gasteiger partial charge in [-0.25, -0.2) is 4.98 Å². The standard InChI is InChI=1S/C16H21N3O2/c1-4-12-9-13(14-11(3)18-21-15(14)17-12)16(20)19-7-5-10(2)6-8-19/h9-10H,4-8H2,1-3H3. The number of aromatic nitrogens is 2. The Hall–Kier alpha value is -1.91. The average Bonchev–Trinajstić information content (AvgIpc) is 2.88. The topological polar surface area (TPSA) is 59.2 Å². The Balaban J connectivity index is 2.02. The van der Waals surface area contributed by atoms with Gasteiger partial charge in [-0.05, 0) is 38.2 Å². The molecule has 1 aliphatic heterocycles. The zero-order valence-electron chi connectivity index (χ0n) is 12.8. The Morgan fingerprint density at radius 2 is 2.14 bits per heavy atom. The summed E-state index contributed by atoms with van der Waals surface area (Å²) in [6.07, 6.45) is 2.92. The van der Waals surface area contributed by atoms with Gasteiger partial charge in [0.05, 0.1) is 16.6 Å². The maximum Gasteiger partial charge on any atom is 0.258 e. The summed E-state index contributed by atoms with van der Waals surface area (Å²) in [6.45, 7) is 7.78. The maximum atomic E-state index is 12.9. The summed E-state index contributed by atoms with van der Waals surface area (Å²) in [5.41, 5.74) is 2.76. The molecule has 0 spiro atoms. The highest BCUT2D eigenvalue weighted by Gasteiger charge is 2.25. The van der Waals surface area contributed by atoms with Gasteiger partial charge in [0.15, 0.2) is 0 Å². The lowest BCUT2D eigenvalue weighted by Crippen LogP contribution is -2.38. The van der Waals surface area contributed by atoms with E-state index in [1.165, 1.54) is 0 Å². The number of likely N-dealkylation sites (tertiary alicyclic amines) is 1. The van der Waals surface area contributed by atoms with E-state index in [0.29, 0.717) is 17.2 Å². The van der Waals surface area contributed by atoms with Gasteiger partial charge in [-0.3, -0.25) is 4.79 Å². The van der Waals surface area contributed by atoms with E-state index >= 15 is 0 Å². The predicted molar refractivity (Wildman–Crippen MR) is 80.2 cm³/mol. The Labute approximate surface area is 124 Å². The van der Waals surface area contributed by atoms with Gasteiger partial charge in [0, 0.05) is 18.8 Å². The molecule has 2 aromatic heterocycles. The lowest BCUT2D eigenvalue weighted by Gasteiger charge is -2.30. The number of nitrogens with zero attached hydrogens (tertiary/aromatic N) is 3. The molecule has 0 radical (unpaired) electrons. The molecule has 5 nitrogen and oxygen atoms in total. The number of hydrogen-bond acceptors (Lipinski definition) is 4. The van der Waals surface area contributed by atoms with Crippen molar-refractivity contribution in [3.63, 3.8) is 0 Å². The first-order valence-electron chi connectivity index (χ1n) is 7.65. The molecule has 0 N–H and O–H groups in total. The van der Waals surface area contributed by atoms with Gasteiger partial charge in [-0.15, -0.1) is 0 Å². The summed E-state index contributed by atoms with van der Waals surface area (Å²) in [5.74, 6) is 0.783. The second kappa shape index (κ2) is 5.47. The second-order valence-electron chi connectivity index (χ2n) is 5.94. The molecular formula is C16H21N3O2. The van der Waals surface area contributed by atoms with Crippen LogP contribution in [0.1, 0.15) is 48.4 Å². The van der Waals surface area contributed by atoms with Crippen LogP contribution in [0.2, 0.25) is 0 Å². The van der Waals surface area contributed by atoms with Crippen molar-refractivity contribution in [3.8, 4) is 0 Å². The quantitative estimate of drug-likeness (QED) is 0.852. The van der Waals surface area contributed by atoms with Crippen LogP contribution < -0.4 is 0 Å². The molecule has 2 aromatic rings. The molecular weight excluding hydrogens is 266 g/mol. The fourth-order valence-electron chi connectivity index (χ4n) is 2.88. The summed E-state index contributed by atoms with van der Waals surface area (Å²) >= 11 is 0. The molecule has 3 heterocycles. The molecule has 0 bridgehead atoms. The third-order valence-corrected chi connectivity index (χ3v) is 4.33. The molecule has 0 aliphatic carbocycles. The highest BCUT2D eigenvalue weighted by atomic mass is 16.5. The third-order valence-electron chi connectivity index (χ3n) is 4.33. The number of aryl methyl sites for hydroxylation is 2. The first kappa shape index (κ1) is 14.0. The van der Waals surface area contributed by atoms with Crippen molar-refractivity contribution in [2.45, 2.75) is 40.0 Å². The first-order chi connectivity index (χ1) is 10.1. The van der Waals surface area contributed by atoms with Crippen LogP contribution in [0.4, 0.5) is 0 Å². The fourth-order valence-corrected chi connectivity index (χ4v) is 2.88. The molecule has 1 saturated heterocycles. The molecule has 1 amide bonds. The van der Waals surface area contributed by atoms with E-state index < -0.39 is 0 Å². The van der Waals surface area contributed by atoms with E-state index in [4.69, 9.17) is 4.52 Å². The van der Waals surface area contributed by atoms with E-state index in [9.17, 15) is 4.79 Å². The van der Waals surface area contributed by atoms with Crippen molar-refractivity contribution in [1.82, 2.24) is 15.0 Å². The molecule has 112 valence electrons. The Bertz CT molecular complexity index is 669. The molecule has 5 heteroatoms. The van der Waals surface area contributed by atoms with Gasteiger partial charge in [-0.2, -0.15) is 0 Å². The Morgan fingerprint density at radius 1 is 1.43 bits per heavy atom. The van der Waals surface area contributed by atoms with E-state index in [2.05, 4.69) is 17.1 Å². The van der Waals surface area contributed by atoms with Crippen LogP contribution in [0, 0.1) is 12.8 Å². The van der Waals surface area contributed by atoms with Gasteiger partial charge in [0.25, 0.3) is 11.6 Å². The van der Waals surface area contributed by atoms with Crippen LogP contribution >= 0.6 is 0 Å². The summed E-state index contributed by atoms with van der Waals surface area (Å²) < 4.78 is 5.25. The van der Waals surface area contributed by atoms with Crippen LogP contribution in [0.3, 0.4) is 0 Å². The molecule has 0 unspecified atom stereocenters. The maximum absolute atomic E-state index is 12.9. The zero-order valence-corrected chi connectivity index (χ0v) is 12.8. The van der Waals surface area contributed by atoms with Crippen LogP contribution in [-0.2, 0) is 6.42 Å². The normalized spacial score (nSPS) is 16.6. The number of amides is 1. The number of pyridine rings is 1. The number of fused-ring (bicyclic) bond motifs is 1. The number of carbonyl (C=O) groups excluding carboxylic acids is 1. The highest BCUT2D eigenvalue weighted by molar-refractivity contribution is 6.06. The first-order valence-corrected chi connectivity index (χ1v) is 7.65. The Morgan fingerprint density at radius 3 is 2.81 bits per heavy atom. The fraction of sp³-hybridized carbons (Fsp3) is 0.562. The molecule has 0 saturated carbocycles. The van der Waals surface area contributed by atoms with E-state index in [-0.39, 0.29) is 5.91 Å². The smallest absolute Gasteiger partial charge is 0.258 e. The minimum absolute atomic E-state index is 0.0790. The molecule has 0 atom stereocenters. The largest absolute Gasteiger partial charge is 0.339 e. The number of piperidine rings is 1. The Kier molecular flexibility index (Phi) is 3.66. The zero-order chi connectivity index (χ0) is 15.0. The SMILES string of the molecule is CCc1cc(C(=O)N2CCC(C)CC2)c2c(C)noc2n1. The molecule has 0 aromatic carbocycles. The predicted octanol–water partition coefficient (Wildman–Crippen LogP) is 2.97. The summed E-state index contributed by atoms with van der Waals surface area (Å²) in [5, 5.41) is 4.72. The van der Waals surface area contributed by atoms with E-state index in [1.807, 2.05) is 24.8 Å². The molecule has 1 fully saturated rings. The molecule has 3 rings (SSSR count). The van der Waals surface area contributed by atoms with Gasteiger partial charge in [0.1, 0.15) is 0 Å². The van der Waals surface area contributed by atoms with Crippen LogP contribution in [-0.4, -0.2) is 34.0 Å². The minimum atomic E-state index is 0.0790. The van der Waals surface area contributed by atoms with Gasteiger partial charge < -0.3 is 9.42 Å².